The first-order valence-electron chi connectivity index (χ1n) is 10.8. The Morgan fingerprint density at radius 3 is 2.79 bits per heavy atom. The van der Waals surface area contributed by atoms with Crippen LogP contribution in [0.1, 0.15) is 0 Å². The lowest BCUT2D eigenvalue weighted by atomic mass is 10.3. The zero-order valence-corrected chi connectivity index (χ0v) is 20.3. The zero-order chi connectivity index (χ0) is 22.8. The number of fused-ring (bicyclic) bond motifs is 2. The number of carbonyl (C=O) groups is 1. The van der Waals surface area contributed by atoms with Gasteiger partial charge in [0.1, 0.15) is 12.3 Å². The van der Waals surface area contributed by atoms with Crippen LogP contribution in [0.3, 0.4) is 0 Å². The average Bonchev–Trinajstić information content (AvgIpc) is 3.40. The number of para-hydroxylation sites is 2. The molecule has 0 unspecified atom stereocenters. The van der Waals surface area contributed by atoms with Gasteiger partial charge in [-0.25, -0.2) is 9.78 Å². The fourth-order valence-corrected chi connectivity index (χ4v) is 4.90. The molecule has 11 heteroatoms. The summed E-state index contributed by atoms with van der Waals surface area (Å²) in [6.45, 7) is 4.04. The van der Waals surface area contributed by atoms with Crippen molar-refractivity contribution in [1.29, 1.82) is 0 Å². The maximum absolute atomic E-state index is 13.5. The SMILES string of the molecule is COc1ccc2sc(N(CCN3CCOCC3)C(=O)Cn3c(=O)oc4ccccc43)nc2c1.Cl. The molecule has 2 aromatic carbocycles. The number of thiazole rings is 1. The van der Waals surface area contributed by atoms with E-state index in [1.165, 1.54) is 15.9 Å². The number of hydrogen-bond donors (Lipinski definition) is 0. The summed E-state index contributed by atoms with van der Waals surface area (Å²) < 4.78 is 18.4. The van der Waals surface area contributed by atoms with E-state index in [0.717, 1.165) is 23.3 Å². The molecule has 0 N–H and O–H groups in total. The van der Waals surface area contributed by atoms with Crippen molar-refractivity contribution >= 4 is 56.1 Å². The van der Waals surface area contributed by atoms with Crippen molar-refractivity contribution in [3.8, 4) is 5.75 Å². The van der Waals surface area contributed by atoms with E-state index in [4.69, 9.17) is 18.9 Å². The second kappa shape index (κ2) is 10.6. The Kier molecular flexibility index (Phi) is 7.52. The van der Waals surface area contributed by atoms with Crippen LogP contribution in [0.5, 0.6) is 5.75 Å². The highest BCUT2D eigenvalue weighted by molar-refractivity contribution is 7.22. The van der Waals surface area contributed by atoms with Crippen LogP contribution in [0.4, 0.5) is 5.13 Å². The maximum atomic E-state index is 13.5. The average molecular weight is 505 g/mol. The van der Waals surface area contributed by atoms with Crippen LogP contribution in [-0.2, 0) is 16.1 Å². The third kappa shape index (κ3) is 4.95. The summed E-state index contributed by atoms with van der Waals surface area (Å²) in [6, 6.07) is 12.8. The lowest BCUT2D eigenvalue weighted by molar-refractivity contribution is -0.119. The summed E-state index contributed by atoms with van der Waals surface area (Å²) >= 11 is 1.44. The largest absolute Gasteiger partial charge is 0.497 e. The number of methoxy groups -OCH3 is 1. The number of carbonyl (C=O) groups excluding carboxylic acids is 1. The molecule has 3 heterocycles. The minimum absolute atomic E-state index is 0. The normalized spacial score (nSPS) is 14.3. The molecule has 0 spiro atoms. The number of amides is 1. The van der Waals surface area contributed by atoms with Crippen molar-refractivity contribution in [2.45, 2.75) is 6.54 Å². The number of benzene rings is 2. The number of morpholine rings is 1. The molecule has 9 nitrogen and oxygen atoms in total. The van der Waals surface area contributed by atoms with E-state index in [-0.39, 0.29) is 24.9 Å². The number of nitrogens with zero attached hydrogens (tertiary/aromatic N) is 4. The first-order valence-corrected chi connectivity index (χ1v) is 11.6. The Hall–Kier alpha value is -2.92. The van der Waals surface area contributed by atoms with Crippen molar-refractivity contribution in [2.75, 3.05) is 51.4 Å². The standard InChI is InChI=1S/C23H24N4O5S.ClH/c1-30-16-6-7-20-17(14-16)24-22(33-20)26(9-8-25-10-12-31-13-11-25)21(28)15-27-18-4-2-3-5-19(18)32-23(27)29;/h2-7,14H,8-13,15H2,1H3;1H. The number of halogens is 1. The minimum atomic E-state index is -0.549. The maximum Gasteiger partial charge on any atom is 0.420 e. The van der Waals surface area contributed by atoms with Crippen LogP contribution in [0.15, 0.2) is 51.7 Å². The Balaban J connectivity index is 0.00000274. The van der Waals surface area contributed by atoms with Crippen LogP contribution in [0.2, 0.25) is 0 Å². The van der Waals surface area contributed by atoms with Crippen LogP contribution in [0, 0.1) is 0 Å². The summed E-state index contributed by atoms with van der Waals surface area (Å²) in [7, 11) is 1.61. The van der Waals surface area contributed by atoms with Gasteiger partial charge < -0.3 is 13.9 Å². The highest BCUT2D eigenvalue weighted by Gasteiger charge is 2.24. The number of rotatable bonds is 7. The fourth-order valence-electron chi connectivity index (χ4n) is 3.92. The van der Waals surface area contributed by atoms with Crippen molar-refractivity contribution in [2.24, 2.45) is 0 Å². The molecule has 1 aliphatic rings. The Morgan fingerprint density at radius 1 is 1.21 bits per heavy atom. The molecular formula is C23H25ClN4O5S. The molecule has 0 atom stereocenters. The molecule has 0 bridgehead atoms. The highest BCUT2D eigenvalue weighted by Crippen LogP contribution is 2.31. The second-order valence-corrected chi connectivity index (χ2v) is 8.76. The molecule has 34 heavy (non-hydrogen) atoms. The molecule has 5 rings (SSSR count). The van der Waals surface area contributed by atoms with Crippen molar-refractivity contribution in [3.63, 3.8) is 0 Å². The van der Waals surface area contributed by atoms with Gasteiger partial charge in [0.2, 0.25) is 5.91 Å². The molecule has 1 saturated heterocycles. The monoisotopic (exact) mass is 504 g/mol. The molecule has 4 aromatic rings. The first kappa shape index (κ1) is 24.2. The predicted molar refractivity (Wildman–Crippen MR) is 134 cm³/mol. The van der Waals surface area contributed by atoms with Crippen LogP contribution >= 0.6 is 23.7 Å². The molecule has 1 amide bonds. The number of hydrogen-bond acceptors (Lipinski definition) is 8. The third-order valence-corrected chi connectivity index (χ3v) is 6.79. The second-order valence-electron chi connectivity index (χ2n) is 7.75. The number of aromatic nitrogens is 2. The molecule has 0 radical (unpaired) electrons. The fraction of sp³-hybridized carbons (Fsp3) is 0.348. The highest BCUT2D eigenvalue weighted by atomic mass is 35.5. The van der Waals surface area contributed by atoms with Crippen LogP contribution < -0.4 is 15.4 Å². The van der Waals surface area contributed by atoms with Crippen molar-refractivity contribution in [3.05, 3.63) is 53.0 Å². The van der Waals surface area contributed by atoms with Gasteiger partial charge in [-0.05, 0) is 24.3 Å². The summed E-state index contributed by atoms with van der Waals surface area (Å²) in [4.78, 5) is 34.6. The van der Waals surface area contributed by atoms with E-state index in [2.05, 4.69) is 4.90 Å². The topological polar surface area (TPSA) is 90.0 Å². The van der Waals surface area contributed by atoms with E-state index in [1.807, 2.05) is 24.3 Å². The minimum Gasteiger partial charge on any atom is -0.497 e. The molecule has 0 aliphatic carbocycles. The van der Waals surface area contributed by atoms with Gasteiger partial charge in [0, 0.05) is 32.2 Å². The third-order valence-electron chi connectivity index (χ3n) is 5.73. The van der Waals surface area contributed by atoms with E-state index in [0.29, 0.717) is 48.3 Å². The summed E-state index contributed by atoms with van der Waals surface area (Å²) in [5.74, 6) is -0.0587. The van der Waals surface area contributed by atoms with Gasteiger partial charge in [0.25, 0.3) is 0 Å². The number of anilines is 1. The van der Waals surface area contributed by atoms with Gasteiger partial charge in [-0.2, -0.15) is 0 Å². The van der Waals surface area contributed by atoms with E-state index >= 15 is 0 Å². The molecule has 1 aliphatic heterocycles. The van der Waals surface area contributed by atoms with Gasteiger partial charge >= 0.3 is 5.76 Å². The predicted octanol–water partition coefficient (Wildman–Crippen LogP) is 3.00. The van der Waals surface area contributed by atoms with E-state index in [1.54, 1.807) is 30.2 Å². The van der Waals surface area contributed by atoms with Crippen LogP contribution in [0.25, 0.3) is 21.3 Å². The number of ether oxygens (including phenoxy) is 2. The molecule has 1 fully saturated rings. The number of oxazole rings is 1. The molecule has 0 saturated carbocycles. The van der Waals surface area contributed by atoms with Gasteiger partial charge in [-0.3, -0.25) is 19.2 Å². The zero-order valence-electron chi connectivity index (χ0n) is 18.6. The summed E-state index contributed by atoms with van der Waals surface area (Å²) in [5, 5.41) is 0.595. The van der Waals surface area contributed by atoms with Gasteiger partial charge in [0.15, 0.2) is 10.7 Å². The summed E-state index contributed by atoms with van der Waals surface area (Å²) in [6.07, 6.45) is 0. The van der Waals surface area contributed by atoms with E-state index < -0.39 is 5.76 Å². The molecule has 2 aromatic heterocycles. The van der Waals surface area contributed by atoms with Crippen molar-refractivity contribution < 1.29 is 18.7 Å². The summed E-state index contributed by atoms with van der Waals surface area (Å²) in [5.41, 5.74) is 1.82. The van der Waals surface area contributed by atoms with Crippen molar-refractivity contribution in [1.82, 2.24) is 14.5 Å². The Morgan fingerprint density at radius 2 is 2.00 bits per heavy atom. The van der Waals surface area contributed by atoms with Gasteiger partial charge in [0.05, 0.1) is 36.1 Å². The molecule has 180 valence electrons. The van der Waals surface area contributed by atoms with E-state index in [9.17, 15) is 9.59 Å². The van der Waals surface area contributed by atoms with Gasteiger partial charge in [-0.1, -0.05) is 23.5 Å². The quantitative estimate of drug-likeness (QED) is 0.382. The van der Waals surface area contributed by atoms with Crippen LogP contribution in [-0.4, -0.2) is 66.9 Å². The lowest BCUT2D eigenvalue weighted by Crippen LogP contribution is -2.44. The lowest BCUT2D eigenvalue weighted by Gasteiger charge is -2.29. The Bertz CT molecular complexity index is 1340. The Labute approximate surface area is 205 Å². The van der Waals surface area contributed by atoms with Gasteiger partial charge in [-0.15, -0.1) is 12.4 Å². The molecular weight excluding hydrogens is 480 g/mol. The smallest absolute Gasteiger partial charge is 0.420 e. The first-order chi connectivity index (χ1) is 16.1.